The van der Waals surface area contributed by atoms with Gasteiger partial charge in [-0.1, -0.05) is 40.7 Å². The number of nitrogens with zero attached hydrogens (tertiary/aromatic N) is 4. The number of aliphatic imine (C=N–C) groups is 3. The molecule has 2 N–H and O–H groups in total. The van der Waals surface area contributed by atoms with Gasteiger partial charge in [0.15, 0.2) is 0 Å². The molecule has 9 atom stereocenters. The molecule has 0 unspecified atom stereocenters. The summed E-state index contributed by atoms with van der Waals surface area (Å²) in [6.07, 6.45) is -2.69. The van der Waals surface area contributed by atoms with Crippen LogP contribution in [0.15, 0.2) is 49.3 Å². The summed E-state index contributed by atoms with van der Waals surface area (Å²) in [6, 6.07) is -1.26. The third-order valence-corrected chi connectivity index (χ3v) is 15.2. The number of carboxylic acid groups (broad SMARTS) is 6. The number of carbonyl (C=O) groups is 7. The summed E-state index contributed by atoms with van der Waals surface area (Å²) in [5.74, 6) is -13.2. The number of fused-ring (bicyclic) bond motifs is 6. The summed E-state index contributed by atoms with van der Waals surface area (Å²) >= 11 is 0. The molecule has 1 fully saturated rings. The van der Waals surface area contributed by atoms with Gasteiger partial charge in [-0.3, -0.25) is 19.8 Å². The van der Waals surface area contributed by atoms with E-state index in [1.54, 1.807) is 47.6 Å². The number of nitrogens with two attached hydrogens (primary N) is 1. The Morgan fingerprint density at radius 2 is 1.19 bits per heavy atom. The largest absolute Gasteiger partial charge is 0.682 e. The van der Waals surface area contributed by atoms with E-state index in [-0.39, 0.29) is 66.0 Å². The molecular formula is C45H54CoN5O13-7. The fraction of sp³-hybridized carbons (Fsp3) is 0.644. The topological polar surface area (TPSA) is 335 Å². The van der Waals surface area contributed by atoms with Crippen LogP contribution in [0.1, 0.15) is 126 Å². The van der Waals surface area contributed by atoms with Crippen LogP contribution in [0.4, 0.5) is 0 Å². The van der Waals surface area contributed by atoms with Gasteiger partial charge >= 0.3 is 0 Å². The van der Waals surface area contributed by atoms with E-state index in [1.165, 1.54) is 0 Å². The molecule has 19 heteroatoms. The standard InChI is InChI=1S/C45H61N5O13.Co/c1-21-36-24(10-13-31(54)55)41(3,4)28(48-36)18-27-23(9-12-30(52)53)43(6,19-29(46)51)39(47-27)22(2)37-25(11-14-32(56)57)44(7,20-35(62)63)45(8,50-37)40-26(17-34(60)61)42(5,38(21)49-40)16-15-33(58)59;/h18,23-26,40H,9-17,19-20H2,1-8H3,(H9,46,47,48,49,50,51,52,53,54,55,56,57,58,59,60,61,62,63);/p-7/t23-,24-,25-,26+,40-,42-,43+,44+,45+;/m1./s1. The van der Waals surface area contributed by atoms with Crippen molar-refractivity contribution in [2.75, 3.05) is 0 Å². The predicted octanol–water partition coefficient (Wildman–Crippen LogP) is -1.91. The second-order valence-electron chi connectivity index (χ2n) is 19.3. The second kappa shape index (κ2) is 18.4. The molecule has 0 aromatic heterocycles. The first kappa shape index (κ1) is 51.5. The van der Waals surface area contributed by atoms with Gasteiger partial charge in [-0.05, 0) is 114 Å². The maximum atomic E-state index is 13.0. The van der Waals surface area contributed by atoms with Crippen molar-refractivity contribution in [2.24, 2.45) is 66.0 Å². The predicted molar refractivity (Wildman–Crippen MR) is 213 cm³/mol. The number of amides is 1. The Morgan fingerprint density at radius 1 is 0.656 bits per heavy atom. The van der Waals surface area contributed by atoms with E-state index in [2.05, 4.69) is 0 Å². The van der Waals surface area contributed by atoms with E-state index in [0.717, 1.165) is 0 Å². The molecule has 1 amide bonds. The van der Waals surface area contributed by atoms with Crippen molar-refractivity contribution < 1.29 is 81.0 Å². The molecule has 8 bridgehead atoms. The molecule has 353 valence electrons. The minimum Gasteiger partial charge on any atom is -0.682 e. The molecule has 1 saturated heterocycles. The summed E-state index contributed by atoms with van der Waals surface area (Å²) < 4.78 is 0. The SMILES string of the molecule is CC1=C2[N-][C@H]([C@H](CC(=O)[O-])[C@@]2(C)CCC(=O)[O-])[C@]2(C)N=C(C(C)=C3N=C(C=C4N=C1[C@@H](CCC(=O)[O-])C4(C)C)[C@@H](CCC(=O)[O-])[C@]3(C)CC(N)=O)[C@@H](CCC(=O)[O-])[C@]2(C)CC(=O)[O-].[Co]. The number of hydrogen-bond acceptors (Lipinski definition) is 16. The minimum atomic E-state index is -1.74. The zero-order valence-electron chi connectivity index (χ0n) is 37.2. The zero-order chi connectivity index (χ0) is 47.4. The first-order chi connectivity index (χ1) is 29.0. The molecule has 0 aromatic rings. The number of aliphatic carboxylic acids is 6. The Morgan fingerprint density at radius 3 is 1.69 bits per heavy atom. The zero-order valence-corrected chi connectivity index (χ0v) is 38.3. The molecule has 5 aliphatic rings. The number of primary amides is 1. The summed E-state index contributed by atoms with van der Waals surface area (Å²) in [7, 11) is 0. The van der Waals surface area contributed by atoms with Crippen LogP contribution in [0.5, 0.6) is 0 Å². The normalized spacial score (nSPS) is 32.5. The Kier molecular flexibility index (Phi) is 14.8. The average molecular weight is 932 g/mol. The van der Waals surface area contributed by atoms with Crippen LogP contribution in [0.25, 0.3) is 5.32 Å². The van der Waals surface area contributed by atoms with Crippen molar-refractivity contribution in [1.82, 2.24) is 0 Å². The molecule has 0 aromatic carbocycles. The van der Waals surface area contributed by atoms with E-state index in [9.17, 15) is 64.2 Å². The summed E-state index contributed by atoms with van der Waals surface area (Å²) in [5, 5.41) is 79.4. The maximum absolute atomic E-state index is 13.0. The molecule has 5 rings (SSSR count). The molecule has 18 nitrogen and oxygen atoms in total. The quantitative estimate of drug-likeness (QED) is 0.157. The number of hydrogen-bond donors (Lipinski definition) is 1. The smallest absolute Gasteiger partial charge is 0.218 e. The number of carbonyl (C=O) groups excluding carboxylic acids is 7. The van der Waals surface area contributed by atoms with Gasteiger partial charge in [0.2, 0.25) is 5.91 Å². The summed E-state index contributed by atoms with van der Waals surface area (Å²) in [5.41, 5.74) is 1.10. The fourth-order valence-electron chi connectivity index (χ4n) is 11.7. The van der Waals surface area contributed by atoms with Crippen LogP contribution >= 0.6 is 0 Å². The number of allylic oxidation sites excluding steroid dienone is 6. The van der Waals surface area contributed by atoms with Gasteiger partial charge in [-0.25, -0.2) is 0 Å². The maximum Gasteiger partial charge on any atom is 0.218 e. The first-order valence-corrected chi connectivity index (χ1v) is 21.2. The number of rotatable bonds is 18. The molecular weight excluding hydrogens is 877 g/mol. The molecule has 5 heterocycles. The van der Waals surface area contributed by atoms with Gasteiger partial charge < -0.3 is 70.5 Å². The van der Waals surface area contributed by atoms with Gasteiger partial charge in [0.25, 0.3) is 0 Å². The van der Waals surface area contributed by atoms with Crippen LogP contribution in [0.2, 0.25) is 0 Å². The summed E-state index contributed by atoms with van der Waals surface area (Å²) in [6.45, 7) is 13.4. The monoisotopic (exact) mass is 931 g/mol. The van der Waals surface area contributed by atoms with Gasteiger partial charge in [0.1, 0.15) is 0 Å². The van der Waals surface area contributed by atoms with Crippen molar-refractivity contribution in [2.45, 2.75) is 138 Å². The van der Waals surface area contributed by atoms with Gasteiger partial charge in [-0.2, -0.15) is 5.70 Å². The van der Waals surface area contributed by atoms with Gasteiger partial charge in [-0.15, -0.1) is 0 Å². The van der Waals surface area contributed by atoms with Crippen molar-refractivity contribution >= 4 is 58.9 Å². The van der Waals surface area contributed by atoms with Crippen molar-refractivity contribution in [3.63, 3.8) is 0 Å². The first-order valence-electron chi connectivity index (χ1n) is 21.2. The fourth-order valence-corrected chi connectivity index (χ4v) is 11.7. The van der Waals surface area contributed by atoms with Crippen LogP contribution in [0.3, 0.4) is 0 Å². The molecule has 5 aliphatic heterocycles. The van der Waals surface area contributed by atoms with Crippen molar-refractivity contribution in [1.29, 1.82) is 0 Å². The van der Waals surface area contributed by atoms with Crippen molar-refractivity contribution in [3.8, 4) is 0 Å². The Bertz CT molecular complexity index is 2230. The minimum absolute atomic E-state index is 0. The van der Waals surface area contributed by atoms with Crippen LogP contribution in [-0.2, 0) is 50.3 Å². The average Bonchev–Trinajstić information content (AvgIpc) is 3.75. The van der Waals surface area contributed by atoms with E-state index < -0.39 is 137 Å². The molecule has 0 spiro atoms. The van der Waals surface area contributed by atoms with Crippen LogP contribution in [-0.4, -0.2) is 70.4 Å². The Labute approximate surface area is 381 Å². The van der Waals surface area contributed by atoms with Gasteiger partial charge in [0, 0.05) is 116 Å². The number of carboxylic acids is 6. The molecule has 64 heavy (non-hydrogen) atoms. The van der Waals surface area contributed by atoms with E-state index >= 15 is 0 Å². The molecule has 0 aliphatic carbocycles. The van der Waals surface area contributed by atoms with Crippen LogP contribution < -0.4 is 36.4 Å². The van der Waals surface area contributed by atoms with Crippen molar-refractivity contribution in [3.05, 3.63) is 39.6 Å². The Hall–Kier alpha value is -5.17. The van der Waals surface area contributed by atoms with Crippen LogP contribution in [0, 0.1) is 45.3 Å². The summed E-state index contributed by atoms with van der Waals surface area (Å²) in [4.78, 5) is 103. The van der Waals surface area contributed by atoms with Gasteiger partial charge in [0.05, 0.1) is 11.2 Å². The van der Waals surface area contributed by atoms with E-state index in [0.29, 0.717) is 28.3 Å². The molecule has 1 radical (unpaired) electrons. The molecule has 0 saturated carbocycles. The van der Waals surface area contributed by atoms with E-state index in [1.807, 2.05) is 13.8 Å². The second-order valence-corrected chi connectivity index (χ2v) is 19.3. The third-order valence-electron chi connectivity index (χ3n) is 15.2. The van der Waals surface area contributed by atoms with E-state index in [4.69, 9.17) is 26.0 Å². The Balaban J connectivity index is 0.00000898. The third kappa shape index (κ3) is 9.06.